The van der Waals surface area contributed by atoms with Gasteiger partial charge in [0.25, 0.3) is 0 Å². The number of rotatable bonds is 6. The summed E-state index contributed by atoms with van der Waals surface area (Å²) in [7, 11) is 0. The van der Waals surface area contributed by atoms with Crippen LogP contribution in [0.3, 0.4) is 0 Å². The standard InChI is InChI=1S/C22H29N3O2/c1-17(2)15-25-12-13-27-21(16-25)14-23-22(26)24-20-10-8-19(9-11-20)18-6-4-3-5-7-18/h3-11,17,21H,12-16H2,1-2H3,(H2,23,24,26). The van der Waals surface area contributed by atoms with Crippen molar-refractivity contribution < 1.29 is 9.53 Å². The van der Waals surface area contributed by atoms with E-state index in [9.17, 15) is 4.79 Å². The zero-order chi connectivity index (χ0) is 19.1. The number of carbonyl (C=O) groups is 1. The average molecular weight is 367 g/mol. The molecule has 0 aliphatic carbocycles. The second-order valence-electron chi connectivity index (χ2n) is 7.42. The number of hydrogen-bond donors (Lipinski definition) is 2. The Morgan fingerprint density at radius 3 is 2.52 bits per heavy atom. The summed E-state index contributed by atoms with van der Waals surface area (Å²) in [6.07, 6.45) is 0.0451. The summed E-state index contributed by atoms with van der Waals surface area (Å²) in [5.41, 5.74) is 3.06. The van der Waals surface area contributed by atoms with Gasteiger partial charge in [0.1, 0.15) is 0 Å². The predicted octanol–water partition coefficient (Wildman–Crippen LogP) is 3.83. The van der Waals surface area contributed by atoms with Crippen LogP contribution in [0.25, 0.3) is 11.1 Å². The number of amides is 2. The molecule has 3 rings (SSSR count). The number of nitrogens with zero attached hydrogens (tertiary/aromatic N) is 1. The zero-order valence-corrected chi connectivity index (χ0v) is 16.2. The lowest BCUT2D eigenvalue weighted by atomic mass is 10.1. The molecule has 27 heavy (non-hydrogen) atoms. The lowest BCUT2D eigenvalue weighted by Gasteiger charge is -2.33. The van der Waals surface area contributed by atoms with E-state index in [1.165, 1.54) is 0 Å². The van der Waals surface area contributed by atoms with Gasteiger partial charge in [-0.3, -0.25) is 4.90 Å². The fraction of sp³-hybridized carbons (Fsp3) is 0.409. The summed E-state index contributed by atoms with van der Waals surface area (Å²) < 4.78 is 5.77. The lowest BCUT2D eigenvalue weighted by Crippen LogP contribution is -2.48. The molecule has 5 nitrogen and oxygen atoms in total. The van der Waals surface area contributed by atoms with Crippen molar-refractivity contribution in [3.8, 4) is 11.1 Å². The van der Waals surface area contributed by atoms with Crippen molar-refractivity contribution in [1.29, 1.82) is 0 Å². The first kappa shape index (κ1) is 19.4. The highest BCUT2D eigenvalue weighted by atomic mass is 16.5. The molecule has 0 radical (unpaired) electrons. The van der Waals surface area contributed by atoms with Gasteiger partial charge in [0.2, 0.25) is 0 Å². The van der Waals surface area contributed by atoms with Gasteiger partial charge >= 0.3 is 6.03 Å². The molecule has 2 aromatic rings. The summed E-state index contributed by atoms with van der Waals surface area (Å²) in [4.78, 5) is 14.6. The number of nitrogens with one attached hydrogen (secondary N) is 2. The van der Waals surface area contributed by atoms with Gasteiger partial charge in [0, 0.05) is 31.9 Å². The summed E-state index contributed by atoms with van der Waals surface area (Å²) in [5.74, 6) is 0.638. The van der Waals surface area contributed by atoms with Crippen LogP contribution < -0.4 is 10.6 Å². The molecule has 0 aromatic heterocycles. The normalized spacial score (nSPS) is 17.7. The van der Waals surface area contributed by atoms with Crippen LogP contribution in [0.1, 0.15) is 13.8 Å². The summed E-state index contributed by atoms with van der Waals surface area (Å²) in [6.45, 7) is 8.58. The molecule has 0 bridgehead atoms. The maximum Gasteiger partial charge on any atom is 0.319 e. The lowest BCUT2D eigenvalue weighted by molar-refractivity contribution is -0.0288. The quantitative estimate of drug-likeness (QED) is 0.816. The van der Waals surface area contributed by atoms with Gasteiger partial charge in [0.15, 0.2) is 0 Å². The monoisotopic (exact) mass is 367 g/mol. The number of hydrogen-bond acceptors (Lipinski definition) is 3. The Bertz CT molecular complexity index is 716. The van der Waals surface area contributed by atoms with Crippen LogP contribution in [0.15, 0.2) is 54.6 Å². The molecule has 1 saturated heterocycles. The van der Waals surface area contributed by atoms with Crippen molar-refractivity contribution in [1.82, 2.24) is 10.2 Å². The average Bonchev–Trinajstić information content (AvgIpc) is 2.67. The number of carbonyl (C=O) groups excluding carboxylic acids is 1. The second-order valence-corrected chi connectivity index (χ2v) is 7.42. The Morgan fingerprint density at radius 2 is 1.81 bits per heavy atom. The summed E-state index contributed by atoms with van der Waals surface area (Å²) >= 11 is 0. The maximum absolute atomic E-state index is 12.2. The van der Waals surface area contributed by atoms with Crippen molar-refractivity contribution in [2.45, 2.75) is 20.0 Å². The SMILES string of the molecule is CC(C)CN1CCOC(CNC(=O)Nc2ccc(-c3ccccc3)cc2)C1. The van der Waals surface area contributed by atoms with E-state index in [1.54, 1.807) is 0 Å². The molecule has 1 unspecified atom stereocenters. The largest absolute Gasteiger partial charge is 0.374 e. The van der Waals surface area contributed by atoms with E-state index in [4.69, 9.17) is 4.74 Å². The van der Waals surface area contributed by atoms with Crippen LogP contribution in [0.2, 0.25) is 0 Å². The number of urea groups is 1. The number of anilines is 1. The minimum absolute atomic E-state index is 0.0451. The van der Waals surface area contributed by atoms with Gasteiger partial charge in [-0.25, -0.2) is 4.79 Å². The van der Waals surface area contributed by atoms with E-state index < -0.39 is 0 Å². The van der Waals surface area contributed by atoms with E-state index >= 15 is 0 Å². The summed E-state index contributed by atoms with van der Waals surface area (Å²) in [6, 6.07) is 17.8. The first-order valence-corrected chi connectivity index (χ1v) is 9.64. The van der Waals surface area contributed by atoms with E-state index in [1.807, 2.05) is 42.5 Å². The molecule has 1 atom stereocenters. The van der Waals surface area contributed by atoms with Crippen LogP contribution in [0, 0.1) is 5.92 Å². The van der Waals surface area contributed by atoms with Crippen molar-refractivity contribution in [3.05, 3.63) is 54.6 Å². The summed E-state index contributed by atoms with van der Waals surface area (Å²) in [5, 5.41) is 5.80. The minimum Gasteiger partial charge on any atom is -0.374 e. The third kappa shape index (κ3) is 6.08. The number of benzene rings is 2. The van der Waals surface area contributed by atoms with Crippen LogP contribution in [-0.2, 0) is 4.74 Å². The Kier molecular flexibility index (Phi) is 6.85. The molecular weight excluding hydrogens is 338 g/mol. The third-order valence-corrected chi connectivity index (χ3v) is 4.59. The molecule has 2 amide bonds. The molecular formula is C22H29N3O2. The second kappa shape index (κ2) is 9.53. The van der Waals surface area contributed by atoms with Gasteiger partial charge in [-0.05, 0) is 29.2 Å². The molecule has 2 aromatic carbocycles. The van der Waals surface area contributed by atoms with Gasteiger partial charge in [-0.15, -0.1) is 0 Å². The molecule has 144 valence electrons. The molecule has 0 spiro atoms. The van der Waals surface area contributed by atoms with E-state index in [-0.39, 0.29) is 12.1 Å². The zero-order valence-electron chi connectivity index (χ0n) is 16.2. The van der Waals surface area contributed by atoms with Crippen LogP contribution in [-0.4, -0.2) is 49.8 Å². The van der Waals surface area contributed by atoms with Crippen molar-refractivity contribution in [3.63, 3.8) is 0 Å². The molecule has 1 fully saturated rings. The van der Waals surface area contributed by atoms with Crippen molar-refractivity contribution >= 4 is 11.7 Å². The van der Waals surface area contributed by atoms with Gasteiger partial charge in [-0.1, -0.05) is 56.3 Å². The molecule has 1 heterocycles. The van der Waals surface area contributed by atoms with E-state index in [0.717, 1.165) is 43.1 Å². The van der Waals surface area contributed by atoms with Crippen molar-refractivity contribution in [2.75, 3.05) is 38.1 Å². The minimum atomic E-state index is -0.202. The van der Waals surface area contributed by atoms with Crippen LogP contribution in [0.5, 0.6) is 0 Å². The first-order valence-electron chi connectivity index (χ1n) is 9.64. The molecule has 1 aliphatic rings. The number of ether oxygens (including phenoxy) is 1. The Hall–Kier alpha value is -2.37. The highest BCUT2D eigenvalue weighted by Crippen LogP contribution is 2.20. The smallest absolute Gasteiger partial charge is 0.319 e. The Morgan fingerprint density at radius 1 is 1.11 bits per heavy atom. The molecule has 2 N–H and O–H groups in total. The fourth-order valence-electron chi connectivity index (χ4n) is 3.34. The molecule has 1 aliphatic heterocycles. The van der Waals surface area contributed by atoms with E-state index in [0.29, 0.717) is 12.5 Å². The van der Waals surface area contributed by atoms with Gasteiger partial charge in [0.05, 0.1) is 12.7 Å². The van der Waals surface area contributed by atoms with Gasteiger partial charge in [-0.2, -0.15) is 0 Å². The van der Waals surface area contributed by atoms with Gasteiger partial charge < -0.3 is 15.4 Å². The Balaban J connectivity index is 1.45. The van der Waals surface area contributed by atoms with E-state index in [2.05, 4.69) is 41.5 Å². The third-order valence-electron chi connectivity index (χ3n) is 4.59. The van der Waals surface area contributed by atoms with Crippen LogP contribution in [0.4, 0.5) is 10.5 Å². The Labute approximate surface area is 161 Å². The maximum atomic E-state index is 12.2. The van der Waals surface area contributed by atoms with Crippen molar-refractivity contribution in [2.24, 2.45) is 5.92 Å². The number of morpholine rings is 1. The highest BCUT2D eigenvalue weighted by Gasteiger charge is 2.21. The fourth-order valence-corrected chi connectivity index (χ4v) is 3.34. The molecule has 0 saturated carbocycles. The van der Waals surface area contributed by atoms with Crippen LogP contribution >= 0.6 is 0 Å². The molecule has 5 heteroatoms. The topological polar surface area (TPSA) is 53.6 Å². The predicted molar refractivity (Wildman–Crippen MR) is 110 cm³/mol. The highest BCUT2D eigenvalue weighted by molar-refractivity contribution is 5.89. The first-order chi connectivity index (χ1) is 13.1.